The number of carbonyl (C=O) groups excluding carboxylic acids is 1. The number of sulfonamides is 1. The van der Waals surface area contributed by atoms with Gasteiger partial charge in [-0.15, -0.1) is 20.4 Å². The highest BCUT2D eigenvalue weighted by Crippen LogP contribution is 2.39. The molecular formula is C19H23F3N6O4S2. The summed E-state index contributed by atoms with van der Waals surface area (Å²) in [5, 5.41) is 15.0. The molecule has 1 N–H and O–H groups in total. The van der Waals surface area contributed by atoms with Gasteiger partial charge in [-0.25, -0.2) is 4.79 Å². The number of azo groups is 1. The van der Waals surface area contributed by atoms with Crippen molar-refractivity contribution in [1.82, 2.24) is 10.2 Å². The van der Waals surface area contributed by atoms with Crippen molar-refractivity contribution in [2.75, 3.05) is 29.3 Å². The summed E-state index contributed by atoms with van der Waals surface area (Å²) in [6, 6.07) is 2.87. The molecule has 1 aliphatic heterocycles. The lowest BCUT2D eigenvalue weighted by molar-refractivity contribution is -0.0429. The van der Waals surface area contributed by atoms with Gasteiger partial charge in [-0.05, 0) is 43.9 Å². The van der Waals surface area contributed by atoms with E-state index in [9.17, 15) is 26.4 Å². The Morgan fingerprint density at radius 1 is 1.26 bits per heavy atom. The third-order valence-electron chi connectivity index (χ3n) is 4.85. The molecule has 0 atom stereocenters. The lowest BCUT2D eigenvalue weighted by Crippen LogP contribution is -2.32. The van der Waals surface area contributed by atoms with E-state index < -0.39 is 21.5 Å². The van der Waals surface area contributed by atoms with Crippen molar-refractivity contribution in [3.05, 3.63) is 22.7 Å². The summed E-state index contributed by atoms with van der Waals surface area (Å²) < 4.78 is 69.2. The van der Waals surface area contributed by atoms with Gasteiger partial charge < -0.3 is 9.64 Å². The Morgan fingerprint density at radius 2 is 2.03 bits per heavy atom. The van der Waals surface area contributed by atoms with E-state index in [1.54, 1.807) is 11.6 Å². The summed E-state index contributed by atoms with van der Waals surface area (Å²) in [6.07, 6.45) is 3.30. The molecule has 1 aromatic carbocycles. The van der Waals surface area contributed by atoms with Crippen LogP contribution >= 0.6 is 11.3 Å². The number of ether oxygens (including phenoxy) is 1. The molecule has 0 unspecified atom stereocenters. The lowest BCUT2D eigenvalue weighted by Gasteiger charge is -2.32. The zero-order valence-corrected chi connectivity index (χ0v) is 20.1. The minimum atomic E-state index is -5.69. The van der Waals surface area contributed by atoms with Crippen LogP contribution in [-0.2, 0) is 21.2 Å². The van der Waals surface area contributed by atoms with Gasteiger partial charge in [0, 0.05) is 18.8 Å². The number of carbonyl (C=O) groups is 1. The highest BCUT2D eigenvalue weighted by Gasteiger charge is 2.46. The molecule has 0 bridgehead atoms. The third-order valence-corrected chi connectivity index (χ3v) is 6.74. The van der Waals surface area contributed by atoms with E-state index in [0.29, 0.717) is 25.2 Å². The van der Waals surface area contributed by atoms with Crippen LogP contribution in [0.2, 0.25) is 0 Å². The van der Waals surface area contributed by atoms with Gasteiger partial charge in [0.2, 0.25) is 5.01 Å². The molecule has 3 rings (SSSR count). The van der Waals surface area contributed by atoms with Crippen LogP contribution in [0.1, 0.15) is 48.5 Å². The van der Waals surface area contributed by atoms with Gasteiger partial charge in [0.25, 0.3) is 5.13 Å². The Bertz CT molecular complexity index is 1170. The van der Waals surface area contributed by atoms with E-state index in [-0.39, 0.29) is 28.1 Å². The minimum absolute atomic E-state index is 0.0463. The Hall–Kier alpha value is -2.81. The van der Waals surface area contributed by atoms with Crippen LogP contribution in [0, 0.1) is 0 Å². The predicted molar refractivity (Wildman–Crippen MR) is 121 cm³/mol. The monoisotopic (exact) mass is 520 g/mol. The van der Waals surface area contributed by atoms with Crippen molar-refractivity contribution in [1.29, 1.82) is 0 Å². The molecule has 2 aromatic rings. The van der Waals surface area contributed by atoms with Crippen LogP contribution in [0.5, 0.6) is 0 Å². The van der Waals surface area contributed by atoms with E-state index in [2.05, 4.69) is 20.4 Å². The Balaban J connectivity index is 1.99. The molecule has 0 radical (unpaired) electrons. The molecule has 0 fully saturated rings. The van der Waals surface area contributed by atoms with Crippen LogP contribution in [0.15, 0.2) is 22.4 Å². The molecule has 1 aliphatic rings. The van der Waals surface area contributed by atoms with Crippen molar-refractivity contribution < 1.29 is 31.1 Å². The average Bonchev–Trinajstić information content (AvgIpc) is 3.24. The Kier molecular flexibility index (Phi) is 8.07. The fourth-order valence-electron chi connectivity index (χ4n) is 3.27. The highest BCUT2D eigenvalue weighted by atomic mass is 32.2. The first-order valence-electron chi connectivity index (χ1n) is 10.5. The number of unbranched alkanes of at least 4 members (excludes halogenated alkanes) is 1. The standard InChI is InChI=1S/C19H23F3N6O4S2/c1-3-5-8-28-9-6-7-12-10-13(14(11-15(12)28)27-34(30,31)19(20,21)22)23-25-18-26-24-16(33-18)17(29)32-4-2/h10-11,27H,3-9H2,1-2H3. The number of fused-ring (bicyclic) bond motifs is 1. The fraction of sp³-hybridized carbons (Fsp3) is 0.526. The summed E-state index contributed by atoms with van der Waals surface area (Å²) in [7, 11) is -5.69. The molecule has 0 aliphatic carbocycles. The summed E-state index contributed by atoms with van der Waals surface area (Å²) in [5.74, 6) is -0.693. The zero-order chi connectivity index (χ0) is 24.9. The van der Waals surface area contributed by atoms with Gasteiger partial charge in [-0.3, -0.25) is 4.72 Å². The van der Waals surface area contributed by atoms with Crippen LogP contribution < -0.4 is 9.62 Å². The first kappa shape index (κ1) is 25.8. The molecule has 2 heterocycles. The molecule has 186 valence electrons. The van der Waals surface area contributed by atoms with Gasteiger partial charge in [0.15, 0.2) is 0 Å². The van der Waals surface area contributed by atoms with Crippen molar-refractivity contribution in [2.45, 2.75) is 45.0 Å². The van der Waals surface area contributed by atoms with Gasteiger partial charge >= 0.3 is 21.5 Å². The van der Waals surface area contributed by atoms with E-state index in [0.717, 1.165) is 36.2 Å². The molecule has 0 saturated carbocycles. The molecule has 1 aromatic heterocycles. The number of anilines is 2. The second kappa shape index (κ2) is 10.6. The van der Waals surface area contributed by atoms with Gasteiger partial charge in [-0.1, -0.05) is 24.7 Å². The normalized spacial score (nSPS) is 14.3. The van der Waals surface area contributed by atoms with Crippen molar-refractivity contribution in [3.63, 3.8) is 0 Å². The molecule has 15 heteroatoms. The maximum absolute atomic E-state index is 13.0. The number of nitrogens with one attached hydrogen (secondary N) is 1. The van der Waals surface area contributed by atoms with Gasteiger partial charge in [0.1, 0.15) is 5.69 Å². The molecule has 0 amide bonds. The second-order valence-electron chi connectivity index (χ2n) is 7.30. The number of benzene rings is 1. The molecule has 0 spiro atoms. The predicted octanol–water partition coefficient (Wildman–Crippen LogP) is 4.94. The smallest absolute Gasteiger partial charge is 0.461 e. The molecular weight excluding hydrogens is 497 g/mol. The molecule has 10 nitrogen and oxygen atoms in total. The largest absolute Gasteiger partial charge is 0.516 e. The average molecular weight is 521 g/mol. The van der Waals surface area contributed by atoms with Crippen LogP contribution in [0.3, 0.4) is 0 Å². The van der Waals surface area contributed by atoms with Crippen LogP contribution in [-0.4, -0.2) is 49.8 Å². The van der Waals surface area contributed by atoms with E-state index in [1.165, 1.54) is 12.1 Å². The zero-order valence-electron chi connectivity index (χ0n) is 18.4. The Morgan fingerprint density at radius 3 is 2.71 bits per heavy atom. The fourth-order valence-corrected chi connectivity index (χ4v) is 4.40. The van der Waals surface area contributed by atoms with Crippen LogP contribution in [0.25, 0.3) is 0 Å². The molecule has 0 saturated heterocycles. The molecule has 34 heavy (non-hydrogen) atoms. The number of alkyl halides is 3. The first-order chi connectivity index (χ1) is 16.1. The number of rotatable bonds is 9. The number of hydrogen-bond donors (Lipinski definition) is 1. The summed E-state index contributed by atoms with van der Waals surface area (Å²) in [6.45, 7) is 5.20. The van der Waals surface area contributed by atoms with E-state index in [1.807, 2.05) is 11.8 Å². The van der Waals surface area contributed by atoms with E-state index >= 15 is 0 Å². The number of nitrogens with zero attached hydrogens (tertiary/aromatic N) is 5. The number of halogens is 3. The van der Waals surface area contributed by atoms with Gasteiger partial charge in [-0.2, -0.15) is 21.6 Å². The highest BCUT2D eigenvalue weighted by molar-refractivity contribution is 7.93. The van der Waals surface area contributed by atoms with Crippen molar-refractivity contribution in [3.8, 4) is 0 Å². The van der Waals surface area contributed by atoms with E-state index in [4.69, 9.17) is 4.74 Å². The summed E-state index contributed by atoms with van der Waals surface area (Å²) in [4.78, 5) is 13.7. The number of esters is 1. The van der Waals surface area contributed by atoms with Crippen molar-refractivity contribution >= 4 is 49.5 Å². The minimum Gasteiger partial charge on any atom is -0.461 e. The summed E-state index contributed by atoms with van der Waals surface area (Å²) >= 11 is 0.778. The first-order valence-corrected chi connectivity index (χ1v) is 12.8. The second-order valence-corrected chi connectivity index (χ2v) is 9.93. The third kappa shape index (κ3) is 6.00. The SMILES string of the molecule is CCCCN1CCCc2cc(N=Nc3nnc(C(=O)OCC)s3)c(NS(=O)(=O)C(F)(F)F)cc21. The number of hydrogen-bond acceptors (Lipinski definition) is 10. The summed E-state index contributed by atoms with van der Waals surface area (Å²) in [5.41, 5.74) is -4.52. The number of aromatic nitrogens is 2. The maximum atomic E-state index is 13.0. The Labute approximate surface area is 198 Å². The van der Waals surface area contributed by atoms with Crippen molar-refractivity contribution in [2.24, 2.45) is 10.2 Å². The van der Waals surface area contributed by atoms with Gasteiger partial charge in [0.05, 0.1) is 12.3 Å². The lowest BCUT2D eigenvalue weighted by atomic mass is 10.00. The quantitative estimate of drug-likeness (QED) is 0.366. The topological polar surface area (TPSA) is 126 Å². The maximum Gasteiger partial charge on any atom is 0.516 e. The van der Waals surface area contributed by atoms with Crippen LogP contribution in [0.4, 0.5) is 35.4 Å². The number of aryl methyl sites for hydroxylation is 1.